The van der Waals surface area contributed by atoms with Gasteiger partial charge < -0.3 is 4.74 Å². The van der Waals surface area contributed by atoms with Gasteiger partial charge in [-0.1, -0.05) is 48.0 Å². The second-order valence-electron chi connectivity index (χ2n) is 5.79. The van der Waals surface area contributed by atoms with E-state index in [-0.39, 0.29) is 12.0 Å². The van der Waals surface area contributed by atoms with E-state index in [4.69, 9.17) is 4.74 Å². The minimum Gasteiger partial charge on any atom is -0.344 e. The Labute approximate surface area is 129 Å². The van der Waals surface area contributed by atoms with Crippen molar-refractivity contribution in [3.63, 3.8) is 0 Å². The lowest BCUT2D eigenvalue weighted by Gasteiger charge is -2.12. The number of hydrazone groups is 1. The lowest BCUT2D eigenvalue weighted by Crippen LogP contribution is -2.35. The summed E-state index contributed by atoms with van der Waals surface area (Å²) >= 11 is 0. The molecule has 0 radical (unpaired) electrons. The Morgan fingerprint density at radius 3 is 2.59 bits per heavy atom. The van der Waals surface area contributed by atoms with E-state index in [0.29, 0.717) is 5.71 Å². The zero-order chi connectivity index (χ0) is 15.3. The first-order valence-electron chi connectivity index (χ1n) is 7.32. The van der Waals surface area contributed by atoms with E-state index in [9.17, 15) is 4.79 Å². The van der Waals surface area contributed by atoms with Crippen molar-refractivity contribution < 1.29 is 9.53 Å². The number of aryl methyl sites for hydroxylation is 1. The summed E-state index contributed by atoms with van der Waals surface area (Å²) in [5.74, 6) is -0.109. The van der Waals surface area contributed by atoms with Gasteiger partial charge in [-0.05, 0) is 31.5 Å². The van der Waals surface area contributed by atoms with Gasteiger partial charge in [0.1, 0.15) is 6.10 Å². The van der Waals surface area contributed by atoms with Gasteiger partial charge in [0.05, 0.1) is 11.4 Å². The smallest absolute Gasteiger partial charge is 0.288 e. The summed E-state index contributed by atoms with van der Waals surface area (Å²) in [5, 5.41) is 5.88. The zero-order valence-electron chi connectivity index (χ0n) is 12.5. The quantitative estimate of drug-likeness (QED) is 0.798. The third-order valence-corrected chi connectivity index (χ3v) is 4.26. The summed E-state index contributed by atoms with van der Waals surface area (Å²) in [6, 6.07) is 17.5. The predicted octanol–water partition coefficient (Wildman–Crippen LogP) is 3.23. The van der Waals surface area contributed by atoms with E-state index in [1.807, 2.05) is 62.4 Å². The van der Waals surface area contributed by atoms with Crippen LogP contribution in [0.3, 0.4) is 0 Å². The molecule has 0 bridgehead atoms. The molecule has 4 nitrogen and oxygen atoms in total. The van der Waals surface area contributed by atoms with Crippen molar-refractivity contribution in [1.82, 2.24) is 0 Å². The zero-order valence-corrected chi connectivity index (χ0v) is 12.5. The second kappa shape index (κ2) is 4.52. The van der Waals surface area contributed by atoms with Gasteiger partial charge in [-0.3, -0.25) is 4.79 Å². The fourth-order valence-corrected chi connectivity index (χ4v) is 3.05. The molecule has 0 N–H and O–H groups in total. The molecule has 0 unspecified atom stereocenters. The van der Waals surface area contributed by atoms with E-state index < -0.39 is 5.60 Å². The minimum atomic E-state index is -0.913. The number of epoxide rings is 1. The van der Waals surface area contributed by atoms with Crippen LogP contribution in [0.5, 0.6) is 0 Å². The van der Waals surface area contributed by atoms with Crippen LogP contribution in [0.1, 0.15) is 24.2 Å². The third-order valence-electron chi connectivity index (χ3n) is 4.26. The second-order valence-corrected chi connectivity index (χ2v) is 5.79. The third kappa shape index (κ3) is 1.74. The van der Waals surface area contributed by atoms with Crippen LogP contribution in [0.15, 0.2) is 59.7 Å². The van der Waals surface area contributed by atoms with Crippen LogP contribution in [0.2, 0.25) is 0 Å². The number of carbonyl (C=O) groups excluding carboxylic acids is 1. The molecule has 0 aromatic heterocycles. The fourth-order valence-electron chi connectivity index (χ4n) is 3.05. The molecule has 4 heteroatoms. The maximum absolute atomic E-state index is 12.9. The van der Waals surface area contributed by atoms with Crippen LogP contribution in [0, 0.1) is 6.92 Å². The van der Waals surface area contributed by atoms with Gasteiger partial charge in [-0.25, -0.2) is 0 Å². The lowest BCUT2D eigenvalue weighted by molar-refractivity contribution is -0.120. The van der Waals surface area contributed by atoms with Crippen LogP contribution in [-0.4, -0.2) is 17.2 Å². The molecule has 1 fully saturated rings. The molecule has 0 aliphatic carbocycles. The molecule has 2 aliphatic heterocycles. The van der Waals surface area contributed by atoms with Gasteiger partial charge in [-0.2, -0.15) is 10.1 Å². The first-order valence-corrected chi connectivity index (χ1v) is 7.32. The van der Waals surface area contributed by atoms with E-state index in [1.54, 1.807) is 0 Å². The maximum atomic E-state index is 12.9. The number of para-hydroxylation sites is 1. The van der Waals surface area contributed by atoms with Gasteiger partial charge >= 0.3 is 0 Å². The topological polar surface area (TPSA) is 45.2 Å². The Balaban J connectivity index is 1.68. The largest absolute Gasteiger partial charge is 0.344 e. The van der Waals surface area contributed by atoms with Crippen molar-refractivity contribution >= 4 is 17.3 Å². The van der Waals surface area contributed by atoms with Crippen molar-refractivity contribution in [3.8, 4) is 0 Å². The number of ether oxygens (including phenoxy) is 1. The number of nitrogens with zero attached hydrogens (tertiary/aromatic N) is 2. The standard InChI is InChI=1S/C18H16N2O2/c1-12-7-6-8-14(11-12)16-18(22-16)13(2)19-20(17(18)21)15-9-4-3-5-10-15/h3-11,16H,1-2H3/t16-,18+/m1/s1. The molecule has 2 aromatic rings. The molecule has 1 spiro atoms. The average Bonchev–Trinajstić information content (AvgIpc) is 3.24. The minimum absolute atomic E-state index is 0.109. The van der Waals surface area contributed by atoms with Gasteiger partial charge in [0, 0.05) is 0 Å². The number of amides is 1. The SMILES string of the molecule is CC1=NN(c2ccccc2)C(=O)[C@]12O[C@@H]2c1cccc(C)c1. The highest BCUT2D eigenvalue weighted by atomic mass is 16.6. The molecule has 4 rings (SSSR count). The summed E-state index contributed by atoms with van der Waals surface area (Å²) < 4.78 is 5.86. The fraction of sp³-hybridized carbons (Fsp3) is 0.222. The Morgan fingerprint density at radius 2 is 1.86 bits per heavy atom. The average molecular weight is 292 g/mol. The number of benzene rings is 2. The number of rotatable bonds is 2. The molecule has 0 saturated carbocycles. The van der Waals surface area contributed by atoms with E-state index in [0.717, 1.165) is 16.8 Å². The van der Waals surface area contributed by atoms with Crippen molar-refractivity contribution in [2.45, 2.75) is 25.6 Å². The Morgan fingerprint density at radius 1 is 1.09 bits per heavy atom. The summed E-state index contributed by atoms with van der Waals surface area (Å²) in [5.41, 5.74) is 2.75. The Kier molecular flexibility index (Phi) is 2.71. The van der Waals surface area contributed by atoms with E-state index in [1.165, 1.54) is 5.01 Å². The molecule has 2 heterocycles. The predicted molar refractivity (Wildman–Crippen MR) is 84.8 cm³/mol. The van der Waals surface area contributed by atoms with Crippen LogP contribution in [0.25, 0.3) is 0 Å². The highest BCUT2D eigenvalue weighted by molar-refractivity contribution is 6.24. The maximum Gasteiger partial charge on any atom is 0.288 e. The van der Waals surface area contributed by atoms with Gasteiger partial charge in [0.15, 0.2) is 0 Å². The van der Waals surface area contributed by atoms with Crippen molar-refractivity contribution in [1.29, 1.82) is 0 Å². The number of carbonyl (C=O) groups is 1. The van der Waals surface area contributed by atoms with E-state index >= 15 is 0 Å². The molecule has 22 heavy (non-hydrogen) atoms. The monoisotopic (exact) mass is 292 g/mol. The highest BCUT2D eigenvalue weighted by Crippen LogP contribution is 2.54. The molecule has 2 aromatic carbocycles. The van der Waals surface area contributed by atoms with Crippen molar-refractivity contribution in [2.24, 2.45) is 5.10 Å². The molecular weight excluding hydrogens is 276 g/mol. The molecule has 110 valence electrons. The number of hydrogen-bond donors (Lipinski definition) is 0. The molecule has 2 aliphatic rings. The van der Waals surface area contributed by atoms with Crippen LogP contribution in [0.4, 0.5) is 5.69 Å². The Bertz CT molecular complexity index is 785. The first-order chi connectivity index (χ1) is 10.6. The van der Waals surface area contributed by atoms with Gasteiger partial charge in [0.2, 0.25) is 5.60 Å². The Hall–Kier alpha value is -2.46. The van der Waals surface area contributed by atoms with Crippen LogP contribution in [-0.2, 0) is 9.53 Å². The van der Waals surface area contributed by atoms with Crippen LogP contribution < -0.4 is 5.01 Å². The number of hydrogen-bond acceptors (Lipinski definition) is 3. The summed E-state index contributed by atoms with van der Waals surface area (Å²) in [6.07, 6.45) is -0.239. The van der Waals surface area contributed by atoms with Gasteiger partial charge in [-0.15, -0.1) is 0 Å². The molecule has 2 atom stereocenters. The molecule has 1 amide bonds. The number of anilines is 1. The normalized spacial score (nSPS) is 26.5. The molecule has 1 saturated heterocycles. The summed E-state index contributed by atoms with van der Waals surface area (Å²) in [4.78, 5) is 12.9. The van der Waals surface area contributed by atoms with E-state index in [2.05, 4.69) is 11.2 Å². The van der Waals surface area contributed by atoms with Gasteiger partial charge in [0.25, 0.3) is 5.91 Å². The summed E-state index contributed by atoms with van der Waals surface area (Å²) in [6.45, 7) is 3.89. The first kappa shape index (κ1) is 13.2. The lowest BCUT2D eigenvalue weighted by atomic mass is 9.94. The van der Waals surface area contributed by atoms with Crippen molar-refractivity contribution in [2.75, 3.05) is 5.01 Å². The summed E-state index contributed by atoms with van der Waals surface area (Å²) in [7, 11) is 0. The molecular formula is C18H16N2O2. The van der Waals surface area contributed by atoms with Crippen molar-refractivity contribution in [3.05, 3.63) is 65.7 Å². The highest BCUT2D eigenvalue weighted by Gasteiger charge is 2.69. The van der Waals surface area contributed by atoms with Crippen LogP contribution >= 0.6 is 0 Å².